The molecule has 3 nitrogen and oxygen atoms in total. The van der Waals surface area contributed by atoms with Gasteiger partial charge in [0.25, 0.3) is 10.0 Å². The molecule has 0 amide bonds. The monoisotopic (exact) mass is 319 g/mol. The summed E-state index contributed by atoms with van der Waals surface area (Å²) in [6.07, 6.45) is 1.72. The third-order valence-electron chi connectivity index (χ3n) is 3.48. The molecule has 5 heteroatoms. The Morgan fingerprint density at radius 1 is 1.05 bits per heavy atom. The number of hydrogen-bond acceptors (Lipinski definition) is 2. The Balaban J connectivity index is 2.11. The fourth-order valence-corrected chi connectivity index (χ4v) is 3.98. The standard InChI is InChI=1S/C16H14ClNO2S/c1-12-6-8-13(9-7-12)21(19,20)18-11-10-15(17)14-4-2-3-5-16(14)18/h2-10H,11H2,1H3. The summed E-state index contributed by atoms with van der Waals surface area (Å²) in [4.78, 5) is 0.286. The van der Waals surface area contributed by atoms with Crippen LogP contribution in [0.5, 0.6) is 0 Å². The number of fused-ring (bicyclic) bond motifs is 1. The van der Waals surface area contributed by atoms with Crippen LogP contribution in [0.1, 0.15) is 11.1 Å². The van der Waals surface area contributed by atoms with Crippen molar-refractivity contribution in [3.63, 3.8) is 0 Å². The predicted molar refractivity (Wildman–Crippen MR) is 86.0 cm³/mol. The molecule has 0 atom stereocenters. The van der Waals surface area contributed by atoms with E-state index in [0.717, 1.165) is 11.1 Å². The second-order valence-electron chi connectivity index (χ2n) is 4.92. The topological polar surface area (TPSA) is 37.4 Å². The molecule has 0 bridgehead atoms. The van der Waals surface area contributed by atoms with Crippen LogP contribution in [0.25, 0.3) is 5.03 Å². The molecule has 1 aliphatic heterocycles. The van der Waals surface area contributed by atoms with Gasteiger partial charge in [0.1, 0.15) is 0 Å². The lowest BCUT2D eigenvalue weighted by atomic mass is 10.1. The van der Waals surface area contributed by atoms with Crippen LogP contribution < -0.4 is 4.31 Å². The van der Waals surface area contributed by atoms with Crippen LogP contribution in [0.4, 0.5) is 5.69 Å². The van der Waals surface area contributed by atoms with Gasteiger partial charge >= 0.3 is 0 Å². The molecule has 1 aliphatic rings. The number of anilines is 1. The van der Waals surface area contributed by atoms with Crippen molar-refractivity contribution in [3.05, 3.63) is 65.7 Å². The van der Waals surface area contributed by atoms with Crippen molar-refractivity contribution in [1.82, 2.24) is 0 Å². The molecular formula is C16H14ClNO2S. The zero-order valence-corrected chi connectivity index (χ0v) is 13.0. The normalized spacial score (nSPS) is 14.6. The van der Waals surface area contributed by atoms with Crippen molar-refractivity contribution in [3.8, 4) is 0 Å². The quantitative estimate of drug-likeness (QED) is 0.844. The molecule has 2 aromatic carbocycles. The first-order valence-corrected chi connectivity index (χ1v) is 8.36. The predicted octanol–water partition coefficient (Wildman–Crippen LogP) is 3.78. The smallest absolute Gasteiger partial charge is 0.262 e. The minimum absolute atomic E-state index is 0.242. The summed E-state index contributed by atoms with van der Waals surface area (Å²) in [6, 6.07) is 14.1. The van der Waals surface area contributed by atoms with E-state index < -0.39 is 10.0 Å². The van der Waals surface area contributed by atoms with Crippen LogP contribution in [0.3, 0.4) is 0 Å². The highest BCUT2D eigenvalue weighted by Gasteiger charge is 2.28. The maximum Gasteiger partial charge on any atom is 0.264 e. The second kappa shape index (κ2) is 5.20. The first-order chi connectivity index (χ1) is 10.00. The minimum atomic E-state index is -3.59. The van der Waals surface area contributed by atoms with Crippen LogP contribution in [-0.2, 0) is 10.0 Å². The van der Waals surface area contributed by atoms with Gasteiger partial charge in [-0.25, -0.2) is 8.42 Å². The Bertz CT molecular complexity index is 810. The van der Waals surface area contributed by atoms with E-state index in [1.807, 2.05) is 25.1 Å². The summed E-state index contributed by atoms with van der Waals surface area (Å²) in [5, 5.41) is 0.584. The number of hydrogen-bond donors (Lipinski definition) is 0. The molecule has 108 valence electrons. The Hall–Kier alpha value is -1.78. The number of nitrogens with zero attached hydrogens (tertiary/aromatic N) is 1. The molecule has 0 unspecified atom stereocenters. The van der Waals surface area contributed by atoms with E-state index in [2.05, 4.69) is 0 Å². The Morgan fingerprint density at radius 2 is 1.71 bits per heavy atom. The second-order valence-corrected chi connectivity index (χ2v) is 7.19. The van der Waals surface area contributed by atoms with Crippen molar-refractivity contribution in [2.75, 3.05) is 10.8 Å². The molecule has 2 aromatic rings. The van der Waals surface area contributed by atoms with E-state index in [9.17, 15) is 8.42 Å². The van der Waals surface area contributed by atoms with Gasteiger partial charge < -0.3 is 0 Å². The molecule has 0 spiro atoms. The van der Waals surface area contributed by atoms with Gasteiger partial charge in [0.2, 0.25) is 0 Å². The lowest BCUT2D eigenvalue weighted by Crippen LogP contribution is -2.33. The summed E-state index contributed by atoms with van der Waals surface area (Å²) in [5.74, 6) is 0. The summed E-state index contributed by atoms with van der Waals surface area (Å²) < 4.78 is 27.0. The number of aryl methyl sites for hydroxylation is 1. The van der Waals surface area contributed by atoms with Crippen LogP contribution in [0, 0.1) is 6.92 Å². The minimum Gasteiger partial charge on any atom is -0.262 e. The van der Waals surface area contributed by atoms with Crippen LogP contribution >= 0.6 is 11.6 Å². The third kappa shape index (κ3) is 2.45. The summed E-state index contributed by atoms with van der Waals surface area (Å²) in [6.45, 7) is 2.17. The van der Waals surface area contributed by atoms with Gasteiger partial charge in [0, 0.05) is 10.6 Å². The Labute approximate surface area is 129 Å². The molecule has 0 saturated heterocycles. The number of halogens is 1. The fourth-order valence-electron chi connectivity index (χ4n) is 2.33. The molecule has 0 aliphatic carbocycles. The van der Waals surface area contributed by atoms with Crippen LogP contribution in [-0.4, -0.2) is 15.0 Å². The van der Waals surface area contributed by atoms with Crippen molar-refractivity contribution in [1.29, 1.82) is 0 Å². The third-order valence-corrected chi connectivity index (χ3v) is 5.63. The molecule has 21 heavy (non-hydrogen) atoms. The van der Waals surface area contributed by atoms with Gasteiger partial charge in [0.05, 0.1) is 17.1 Å². The summed E-state index contributed by atoms with van der Waals surface area (Å²) in [7, 11) is -3.59. The summed E-state index contributed by atoms with van der Waals surface area (Å²) in [5.41, 5.74) is 2.38. The van der Waals surface area contributed by atoms with E-state index in [4.69, 9.17) is 11.6 Å². The number of sulfonamides is 1. The number of rotatable bonds is 2. The highest BCUT2D eigenvalue weighted by Crippen LogP contribution is 2.36. The molecule has 0 saturated carbocycles. The zero-order chi connectivity index (χ0) is 15.0. The van der Waals surface area contributed by atoms with E-state index in [0.29, 0.717) is 10.7 Å². The van der Waals surface area contributed by atoms with Crippen molar-refractivity contribution >= 4 is 32.3 Å². The van der Waals surface area contributed by atoms with Crippen molar-refractivity contribution in [2.45, 2.75) is 11.8 Å². The largest absolute Gasteiger partial charge is 0.264 e. The molecular weight excluding hydrogens is 306 g/mol. The average molecular weight is 320 g/mol. The average Bonchev–Trinajstić information content (AvgIpc) is 2.48. The van der Waals surface area contributed by atoms with Crippen LogP contribution in [0.2, 0.25) is 0 Å². The van der Waals surface area contributed by atoms with Gasteiger partial charge in [-0.2, -0.15) is 0 Å². The maximum absolute atomic E-state index is 12.8. The first-order valence-electron chi connectivity index (χ1n) is 6.54. The zero-order valence-electron chi connectivity index (χ0n) is 11.5. The van der Waals surface area contributed by atoms with Gasteiger partial charge in [-0.15, -0.1) is 0 Å². The fraction of sp³-hybridized carbons (Fsp3) is 0.125. The molecule has 3 rings (SSSR count). The van der Waals surface area contributed by atoms with Gasteiger partial charge in [0.15, 0.2) is 0 Å². The van der Waals surface area contributed by atoms with Gasteiger partial charge in [-0.3, -0.25) is 4.31 Å². The SMILES string of the molecule is Cc1ccc(S(=O)(=O)N2CC=C(Cl)c3ccccc32)cc1. The maximum atomic E-state index is 12.8. The molecule has 0 aromatic heterocycles. The van der Waals surface area contributed by atoms with Gasteiger partial charge in [-0.1, -0.05) is 47.5 Å². The lowest BCUT2D eigenvalue weighted by molar-refractivity contribution is 0.592. The first kappa shape index (κ1) is 14.2. The van der Waals surface area contributed by atoms with Gasteiger partial charge in [-0.05, 0) is 31.2 Å². The van der Waals surface area contributed by atoms with E-state index in [1.54, 1.807) is 36.4 Å². The summed E-state index contributed by atoms with van der Waals surface area (Å²) >= 11 is 6.17. The van der Waals surface area contributed by atoms with E-state index in [1.165, 1.54) is 4.31 Å². The molecule has 0 fully saturated rings. The molecule has 0 N–H and O–H groups in total. The van der Waals surface area contributed by atoms with E-state index in [-0.39, 0.29) is 11.4 Å². The Kier molecular flexibility index (Phi) is 3.51. The lowest BCUT2D eigenvalue weighted by Gasteiger charge is -2.28. The van der Waals surface area contributed by atoms with Crippen LogP contribution in [0.15, 0.2) is 59.5 Å². The highest BCUT2D eigenvalue weighted by molar-refractivity contribution is 7.92. The van der Waals surface area contributed by atoms with E-state index >= 15 is 0 Å². The van der Waals surface area contributed by atoms with Crippen molar-refractivity contribution in [2.24, 2.45) is 0 Å². The molecule has 0 radical (unpaired) electrons. The Morgan fingerprint density at radius 3 is 2.43 bits per heavy atom. The number of benzene rings is 2. The van der Waals surface area contributed by atoms with Crippen molar-refractivity contribution < 1.29 is 8.42 Å². The highest BCUT2D eigenvalue weighted by atomic mass is 35.5. The molecule has 1 heterocycles. The number of para-hydroxylation sites is 1.